The molecule has 1 N–H and O–H groups in total. The molecule has 1 unspecified atom stereocenters. The van der Waals surface area contributed by atoms with Gasteiger partial charge in [0.05, 0.1) is 17.9 Å². The summed E-state index contributed by atoms with van der Waals surface area (Å²) in [7, 11) is 0. The summed E-state index contributed by atoms with van der Waals surface area (Å²) in [5.74, 6) is 0.540. The second-order valence-electron chi connectivity index (χ2n) is 5.29. The van der Waals surface area contributed by atoms with E-state index in [9.17, 15) is 13.2 Å². The molecule has 118 valence electrons. The van der Waals surface area contributed by atoms with Crippen LogP contribution >= 0.6 is 0 Å². The minimum Gasteiger partial charge on any atom is -0.467 e. The van der Waals surface area contributed by atoms with E-state index in [0.29, 0.717) is 18.8 Å². The maximum atomic E-state index is 13.4. The van der Waals surface area contributed by atoms with Gasteiger partial charge >= 0.3 is 6.18 Å². The molecule has 1 aromatic heterocycles. The van der Waals surface area contributed by atoms with E-state index in [1.54, 1.807) is 18.2 Å². The predicted molar refractivity (Wildman–Crippen MR) is 76.4 cm³/mol. The van der Waals surface area contributed by atoms with Gasteiger partial charge in [0.2, 0.25) is 0 Å². The molecule has 0 aliphatic carbocycles. The molecule has 6 heteroatoms. The minimum atomic E-state index is -4.38. The van der Waals surface area contributed by atoms with Gasteiger partial charge in [-0.25, -0.2) is 0 Å². The molecule has 2 heterocycles. The number of furan rings is 1. The third-order valence-electron chi connectivity index (χ3n) is 3.89. The topological polar surface area (TPSA) is 28.4 Å². The van der Waals surface area contributed by atoms with Crippen LogP contribution in [-0.2, 0) is 6.18 Å². The molecule has 1 aromatic carbocycles. The monoisotopic (exact) mass is 310 g/mol. The highest BCUT2D eigenvalue weighted by atomic mass is 19.4. The van der Waals surface area contributed by atoms with E-state index in [1.165, 1.54) is 18.4 Å². The number of hydrogen-bond acceptors (Lipinski definition) is 3. The fraction of sp³-hybridized carbons (Fsp3) is 0.375. The third-order valence-corrected chi connectivity index (χ3v) is 3.89. The van der Waals surface area contributed by atoms with Crippen LogP contribution in [0.3, 0.4) is 0 Å². The minimum absolute atomic E-state index is 0.242. The Kier molecular flexibility index (Phi) is 4.22. The van der Waals surface area contributed by atoms with Crippen LogP contribution in [0.5, 0.6) is 0 Å². The van der Waals surface area contributed by atoms with Gasteiger partial charge in [0.15, 0.2) is 0 Å². The molecule has 0 amide bonds. The molecular formula is C16H17F3N2O. The lowest BCUT2D eigenvalue weighted by atomic mass is 9.96. The van der Waals surface area contributed by atoms with Crippen LogP contribution in [0.25, 0.3) is 0 Å². The standard InChI is InChI=1S/C16H17F3N2O/c17-16(18,19)13-5-2-1-4-12(13)15(14-6-3-11-22-14)21-9-7-20-8-10-21/h1-6,11,15,20H,7-10H2. The zero-order valence-electron chi connectivity index (χ0n) is 11.9. The SMILES string of the molecule is FC(F)(F)c1ccccc1C(c1ccco1)N1CCNCC1. The van der Waals surface area contributed by atoms with Crippen molar-refractivity contribution in [3.63, 3.8) is 0 Å². The lowest BCUT2D eigenvalue weighted by Gasteiger charge is -2.35. The van der Waals surface area contributed by atoms with Crippen LogP contribution in [0.15, 0.2) is 47.1 Å². The van der Waals surface area contributed by atoms with Gasteiger partial charge in [-0.1, -0.05) is 18.2 Å². The smallest absolute Gasteiger partial charge is 0.416 e. The maximum absolute atomic E-state index is 13.4. The van der Waals surface area contributed by atoms with E-state index >= 15 is 0 Å². The fourth-order valence-electron chi connectivity index (χ4n) is 2.91. The Balaban J connectivity index is 2.07. The zero-order valence-corrected chi connectivity index (χ0v) is 11.9. The van der Waals surface area contributed by atoms with Crippen LogP contribution in [-0.4, -0.2) is 31.1 Å². The second-order valence-corrected chi connectivity index (χ2v) is 5.29. The van der Waals surface area contributed by atoms with E-state index in [2.05, 4.69) is 5.32 Å². The van der Waals surface area contributed by atoms with E-state index in [-0.39, 0.29) is 5.56 Å². The molecule has 1 fully saturated rings. The van der Waals surface area contributed by atoms with Crippen molar-refractivity contribution in [2.75, 3.05) is 26.2 Å². The highest BCUT2D eigenvalue weighted by Gasteiger charge is 2.37. The van der Waals surface area contributed by atoms with Crippen molar-refractivity contribution in [3.8, 4) is 0 Å². The molecule has 1 aliphatic heterocycles. The van der Waals surface area contributed by atoms with Crippen LogP contribution < -0.4 is 5.32 Å². The summed E-state index contributed by atoms with van der Waals surface area (Å²) in [6, 6.07) is 8.66. The fourth-order valence-corrected chi connectivity index (χ4v) is 2.91. The largest absolute Gasteiger partial charge is 0.467 e. The second kappa shape index (κ2) is 6.14. The van der Waals surface area contributed by atoms with Crippen molar-refractivity contribution in [2.45, 2.75) is 12.2 Å². The zero-order chi connectivity index (χ0) is 15.6. The number of benzene rings is 1. The number of nitrogens with zero attached hydrogens (tertiary/aromatic N) is 1. The number of alkyl halides is 3. The van der Waals surface area contributed by atoms with E-state index in [0.717, 1.165) is 19.2 Å². The lowest BCUT2D eigenvalue weighted by molar-refractivity contribution is -0.138. The molecule has 0 bridgehead atoms. The molecule has 0 spiro atoms. The van der Waals surface area contributed by atoms with Gasteiger partial charge in [-0.05, 0) is 23.8 Å². The lowest BCUT2D eigenvalue weighted by Crippen LogP contribution is -2.45. The molecule has 1 saturated heterocycles. The average molecular weight is 310 g/mol. The molecule has 22 heavy (non-hydrogen) atoms. The Hall–Kier alpha value is -1.79. The van der Waals surface area contributed by atoms with Crippen LogP contribution in [0.1, 0.15) is 22.9 Å². The molecule has 0 radical (unpaired) electrons. The van der Waals surface area contributed by atoms with Crippen molar-refractivity contribution in [2.24, 2.45) is 0 Å². The van der Waals surface area contributed by atoms with Crippen molar-refractivity contribution in [3.05, 3.63) is 59.5 Å². The summed E-state index contributed by atoms with van der Waals surface area (Å²) < 4.78 is 45.5. The first-order chi connectivity index (χ1) is 10.6. The summed E-state index contributed by atoms with van der Waals surface area (Å²) in [4.78, 5) is 2.03. The first kappa shape index (κ1) is 15.1. The molecule has 3 rings (SSSR count). The Bertz CT molecular complexity index is 604. The van der Waals surface area contributed by atoms with E-state index < -0.39 is 17.8 Å². The molecule has 1 aliphatic rings. The van der Waals surface area contributed by atoms with Crippen molar-refractivity contribution in [1.29, 1.82) is 0 Å². The first-order valence-electron chi connectivity index (χ1n) is 7.21. The van der Waals surface area contributed by atoms with Gasteiger partial charge < -0.3 is 9.73 Å². The van der Waals surface area contributed by atoms with Gasteiger partial charge in [0, 0.05) is 26.2 Å². The molecule has 0 saturated carbocycles. The maximum Gasteiger partial charge on any atom is 0.416 e. The van der Waals surface area contributed by atoms with Crippen LogP contribution in [0.2, 0.25) is 0 Å². The Morgan fingerprint density at radius 3 is 2.41 bits per heavy atom. The number of halogens is 3. The van der Waals surface area contributed by atoms with Gasteiger partial charge in [-0.2, -0.15) is 13.2 Å². The molecular weight excluding hydrogens is 293 g/mol. The number of piperazine rings is 1. The van der Waals surface area contributed by atoms with Crippen LogP contribution in [0, 0.1) is 0 Å². The van der Waals surface area contributed by atoms with E-state index in [1.807, 2.05) is 4.90 Å². The van der Waals surface area contributed by atoms with Gasteiger partial charge in [-0.15, -0.1) is 0 Å². The molecule has 1 atom stereocenters. The molecule has 3 nitrogen and oxygen atoms in total. The Morgan fingerprint density at radius 2 is 1.77 bits per heavy atom. The van der Waals surface area contributed by atoms with Gasteiger partial charge in [0.25, 0.3) is 0 Å². The first-order valence-corrected chi connectivity index (χ1v) is 7.21. The predicted octanol–water partition coefficient (Wildman–Crippen LogP) is 3.29. The summed E-state index contributed by atoms with van der Waals surface area (Å²) >= 11 is 0. The van der Waals surface area contributed by atoms with Gasteiger partial charge in [-0.3, -0.25) is 4.90 Å². The Labute approximate surface area is 126 Å². The normalized spacial score (nSPS) is 18.3. The van der Waals surface area contributed by atoms with Crippen molar-refractivity contribution in [1.82, 2.24) is 10.2 Å². The summed E-state index contributed by atoms with van der Waals surface area (Å²) in [6.07, 6.45) is -2.88. The number of hydrogen-bond donors (Lipinski definition) is 1. The Morgan fingerprint density at radius 1 is 1.05 bits per heavy atom. The van der Waals surface area contributed by atoms with Crippen molar-refractivity contribution >= 4 is 0 Å². The van der Waals surface area contributed by atoms with Crippen LogP contribution in [0.4, 0.5) is 13.2 Å². The third kappa shape index (κ3) is 3.03. The highest BCUT2D eigenvalue weighted by molar-refractivity contribution is 5.36. The summed E-state index contributed by atoms with van der Waals surface area (Å²) in [5.41, 5.74) is -0.359. The quantitative estimate of drug-likeness (QED) is 0.943. The summed E-state index contributed by atoms with van der Waals surface area (Å²) in [6.45, 7) is 2.87. The van der Waals surface area contributed by atoms with E-state index in [4.69, 9.17) is 4.42 Å². The molecule has 2 aromatic rings. The van der Waals surface area contributed by atoms with Crippen molar-refractivity contribution < 1.29 is 17.6 Å². The summed E-state index contributed by atoms with van der Waals surface area (Å²) in [5, 5.41) is 3.22. The number of rotatable bonds is 3. The highest BCUT2D eigenvalue weighted by Crippen LogP contribution is 2.39. The average Bonchev–Trinajstić information content (AvgIpc) is 3.02. The van der Waals surface area contributed by atoms with Gasteiger partial charge in [0.1, 0.15) is 5.76 Å². The number of nitrogens with one attached hydrogen (secondary N) is 1.